The van der Waals surface area contributed by atoms with Crippen molar-refractivity contribution in [1.29, 1.82) is 0 Å². The molecule has 0 saturated carbocycles. The number of aromatic amines is 1. The van der Waals surface area contributed by atoms with Crippen molar-refractivity contribution in [2.75, 3.05) is 4.90 Å². The summed E-state index contributed by atoms with van der Waals surface area (Å²) in [5, 5.41) is 0.00604. The van der Waals surface area contributed by atoms with Crippen molar-refractivity contribution in [3.63, 3.8) is 0 Å². The minimum atomic E-state index is -0.644. The van der Waals surface area contributed by atoms with Crippen molar-refractivity contribution < 1.29 is 14.0 Å². The second kappa shape index (κ2) is 6.67. The molecule has 29 heavy (non-hydrogen) atoms. The van der Waals surface area contributed by atoms with Gasteiger partial charge in [0.2, 0.25) is 11.8 Å². The summed E-state index contributed by atoms with van der Waals surface area (Å²) in [5.41, 5.74) is 2.29. The fourth-order valence-corrected chi connectivity index (χ4v) is 6.64. The summed E-state index contributed by atoms with van der Waals surface area (Å²) in [5.74, 6) is -2.11. The van der Waals surface area contributed by atoms with Crippen LogP contribution in [0.1, 0.15) is 21.9 Å². The van der Waals surface area contributed by atoms with Crippen molar-refractivity contribution in [2.45, 2.75) is 23.1 Å². The third-order valence-corrected chi connectivity index (χ3v) is 7.83. The van der Waals surface area contributed by atoms with Crippen molar-refractivity contribution in [2.24, 2.45) is 5.92 Å². The Morgan fingerprint density at radius 2 is 1.72 bits per heavy atom. The molecule has 0 unspecified atom stereocenters. The number of imide groups is 1. The van der Waals surface area contributed by atoms with Crippen LogP contribution < -0.4 is 9.77 Å². The van der Waals surface area contributed by atoms with Crippen LogP contribution in [0.2, 0.25) is 0 Å². The van der Waals surface area contributed by atoms with Crippen LogP contribution in [0.3, 0.4) is 0 Å². The van der Waals surface area contributed by atoms with E-state index < -0.39 is 17.0 Å². The Labute approximate surface area is 173 Å². The number of thiazole rings is 1. The number of fused-ring (bicyclic) bond motifs is 2. The predicted octanol–water partition coefficient (Wildman–Crippen LogP) is 3.68. The molecule has 2 aromatic carbocycles. The average Bonchev–Trinajstić information content (AvgIpc) is 3.19. The SMILES string of the molecule is Cc1ccccc1[C@@H]1c2sc(=O)[nH]c2S[C@H]2C(=O)N(c3ccc(F)cc3)C(=O)[C@@H]12. The van der Waals surface area contributed by atoms with E-state index in [2.05, 4.69) is 4.98 Å². The lowest BCUT2D eigenvalue weighted by Gasteiger charge is -2.30. The molecule has 1 N–H and O–H groups in total. The van der Waals surface area contributed by atoms with Gasteiger partial charge in [0.1, 0.15) is 11.1 Å². The summed E-state index contributed by atoms with van der Waals surface area (Å²) in [6.45, 7) is 1.96. The lowest BCUT2D eigenvalue weighted by Crippen LogP contribution is -2.32. The van der Waals surface area contributed by atoms with E-state index in [1.54, 1.807) is 0 Å². The monoisotopic (exact) mass is 426 g/mol. The van der Waals surface area contributed by atoms with Crippen LogP contribution in [0.25, 0.3) is 0 Å². The van der Waals surface area contributed by atoms with Gasteiger partial charge in [-0.25, -0.2) is 9.29 Å². The number of carbonyl (C=O) groups excluding carboxylic acids is 2. The van der Waals surface area contributed by atoms with Crippen molar-refractivity contribution in [1.82, 2.24) is 4.98 Å². The van der Waals surface area contributed by atoms with Gasteiger partial charge in [-0.2, -0.15) is 0 Å². The van der Waals surface area contributed by atoms with Gasteiger partial charge in [-0.1, -0.05) is 47.4 Å². The highest BCUT2D eigenvalue weighted by Crippen LogP contribution is 2.53. The molecule has 8 heteroatoms. The standard InChI is InChI=1S/C21H15FN2O3S2/c1-10-4-2-3-5-13(10)14-15-17(28-18-16(14)29-21(27)23-18)20(26)24(19(15)25)12-8-6-11(22)7-9-12/h2-9,14-15,17H,1H3,(H,23,27)/t14-,15-,17+/m0/s1. The maximum absolute atomic E-state index is 13.5. The molecule has 5 nitrogen and oxygen atoms in total. The second-order valence-electron chi connectivity index (χ2n) is 7.09. The molecule has 2 aliphatic heterocycles. The van der Waals surface area contributed by atoms with Crippen molar-refractivity contribution >= 4 is 40.6 Å². The Morgan fingerprint density at radius 1 is 1.00 bits per heavy atom. The number of hydrogen-bond acceptors (Lipinski definition) is 5. The first-order valence-corrected chi connectivity index (χ1v) is 10.7. The average molecular weight is 426 g/mol. The molecule has 3 atom stereocenters. The summed E-state index contributed by atoms with van der Waals surface area (Å²) in [4.78, 5) is 43.3. The number of aryl methyl sites for hydroxylation is 1. The van der Waals surface area contributed by atoms with Gasteiger partial charge < -0.3 is 4.98 Å². The summed E-state index contributed by atoms with van der Waals surface area (Å²) < 4.78 is 13.3. The van der Waals surface area contributed by atoms with Gasteiger partial charge in [-0.3, -0.25) is 14.4 Å². The normalized spacial score (nSPS) is 23.2. The molecule has 146 valence electrons. The Hall–Kier alpha value is -2.71. The number of nitrogens with one attached hydrogen (secondary N) is 1. The van der Waals surface area contributed by atoms with Gasteiger partial charge in [-0.15, -0.1) is 0 Å². The number of anilines is 1. The molecule has 3 heterocycles. The number of hydrogen-bond donors (Lipinski definition) is 1. The Balaban J connectivity index is 1.67. The molecule has 0 spiro atoms. The van der Waals surface area contributed by atoms with E-state index in [0.717, 1.165) is 32.2 Å². The smallest absolute Gasteiger partial charge is 0.305 e. The minimum absolute atomic E-state index is 0.198. The van der Waals surface area contributed by atoms with Crippen LogP contribution in [-0.2, 0) is 9.59 Å². The molecule has 0 aliphatic carbocycles. The summed E-state index contributed by atoms with van der Waals surface area (Å²) in [7, 11) is 0. The van der Waals surface area contributed by atoms with Crippen LogP contribution >= 0.6 is 23.1 Å². The van der Waals surface area contributed by atoms with E-state index in [9.17, 15) is 18.8 Å². The number of benzene rings is 2. The zero-order chi connectivity index (χ0) is 20.3. The van der Waals surface area contributed by atoms with Gasteiger partial charge in [0, 0.05) is 10.8 Å². The number of H-pyrrole nitrogens is 1. The maximum Gasteiger partial charge on any atom is 0.305 e. The molecular weight excluding hydrogens is 411 g/mol. The molecule has 1 aromatic heterocycles. The van der Waals surface area contributed by atoms with Crippen molar-refractivity contribution in [3.05, 3.63) is 80.0 Å². The fourth-order valence-electron chi connectivity index (χ4n) is 4.13. The van der Waals surface area contributed by atoms with Crippen LogP contribution in [0, 0.1) is 18.7 Å². The number of aromatic nitrogens is 1. The van der Waals surface area contributed by atoms with Crippen LogP contribution in [-0.4, -0.2) is 22.0 Å². The van der Waals surface area contributed by atoms with Crippen LogP contribution in [0.5, 0.6) is 0 Å². The molecule has 5 rings (SSSR count). The number of nitrogens with zero attached hydrogens (tertiary/aromatic N) is 1. The summed E-state index contributed by atoms with van der Waals surface area (Å²) in [6, 6.07) is 13.1. The highest BCUT2D eigenvalue weighted by molar-refractivity contribution is 8.00. The van der Waals surface area contributed by atoms with E-state index in [4.69, 9.17) is 0 Å². The zero-order valence-corrected chi connectivity index (χ0v) is 16.9. The zero-order valence-electron chi connectivity index (χ0n) is 15.2. The molecular formula is C21H15FN2O3S2. The van der Waals surface area contributed by atoms with Gasteiger partial charge in [-0.05, 0) is 42.3 Å². The summed E-state index contributed by atoms with van der Waals surface area (Å²) in [6.07, 6.45) is 0. The highest BCUT2D eigenvalue weighted by atomic mass is 32.2. The maximum atomic E-state index is 13.5. The first-order chi connectivity index (χ1) is 14.0. The van der Waals surface area contributed by atoms with E-state index in [1.807, 2.05) is 31.2 Å². The molecule has 0 radical (unpaired) electrons. The van der Waals surface area contributed by atoms with Crippen LogP contribution in [0.4, 0.5) is 10.1 Å². The first-order valence-electron chi connectivity index (χ1n) is 9.04. The first kappa shape index (κ1) is 18.3. The molecule has 1 fully saturated rings. The molecule has 3 aromatic rings. The number of thioether (sulfide) groups is 1. The lowest BCUT2D eigenvalue weighted by molar-refractivity contribution is -0.122. The van der Waals surface area contributed by atoms with Gasteiger partial charge >= 0.3 is 4.87 Å². The second-order valence-corrected chi connectivity index (χ2v) is 9.26. The quantitative estimate of drug-likeness (QED) is 0.635. The predicted molar refractivity (Wildman–Crippen MR) is 110 cm³/mol. The van der Waals surface area contributed by atoms with Gasteiger partial charge in [0.15, 0.2) is 0 Å². The topological polar surface area (TPSA) is 70.2 Å². The van der Waals surface area contributed by atoms with Gasteiger partial charge in [0.05, 0.1) is 16.6 Å². The van der Waals surface area contributed by atoms with Crippen molar-refractivity contribution in [3.8, 4) is 0 Å². The number of amides is 2. The van der Waals surface area contributed by atoms with Crippen LogP contribution in [0.15, 0.2) is 58.4 Å². The number of carbonyl (C=O) groups is 2. The van der Waals surface area contributed by atoms with Gasteiger partial charge in [0.25, 0.3) is 0 Å². The number of halogens is 1. The lowest BCUT2D eigenvalue weighted by atomic mass is 9.81. The molecule has 1 saturated heterocycles. The fraction of sp³-hybridized carbons (Fsp3) is 0.190. The third kappa shape index (κ3) is 2.78. The Bertz CT molecular complexity index is 1200. The van der Waals surface area contributed by atoms with E-state index in [0.29, 0.717) is 10.7 Å². The largest absolute Gasteiger partial charge is 0.307 e. The summed E-state index contributed by atoms with van der Waals surface area (Å²) >= 11 is 2.32. The molecule has 2 aliphatic rings. The molecule has 2 amide bonds. The van der Waals surface area contributed by atoms with E-state index >= 15 is 0 Å². The minimum Gasteiger partial charge on any atom is -0.307 e. The Kier molecular flexibility index (Phi) is 4.22. The van der Waals surface area contributed by atoms with E-state index in [-0.39, 0.29) is 22.6 Å². The number of rotatable bonds is 2. The third-order valence-electron chi connectivity index (χ3n) is 5.43. The highest BCUT2D eigenvalue weighted by Gasteiger charge is 2.56. The molecule has 0 bridgehead atoms. The Morgan fingerprint density at radius 3 is 2.45 bits per heavy atom. The van der Waals surface area contributed by atoms with E-state index in [1.165, 1.54) is 36.0 Å².